The van der Waals surface area contributed by atoms with Gasteiger partial charge in [-0.1, -0.05) is 11.6 Å². The van der Waals surface area contributed by atoms with Crippen LogP contribution in [-0.2, 0) is 10.0 Å². The van der Waals surface area contributed by atoms with Gasteiger partial charge in [0.25, 0.3) is 10.0 Å². The predicted octanol–water partition coefficient (Wildman–Crippen LogP) is 3.98. The Hall–Kier alpha value is -0.760. The van der Waals surface area contributed by atoms with Gasteiger partial charge in [0.15, 0.2) is 0 Å². The fourth-order valence-corrected chi connectivity index (χ4v) is 5.14. The van der Waals surface area contributed by atoms with E-state index in [4.69, 9.17) is 11.6 Å². The predicted molar refractivity (Wildman–Crippen MR) is 80.7 cm³/mol. The fourth-order valence-electron chi connectivity index (χ4n) is 1.49. The lowest BCUT2D eigenvalue weighted by Crippen LogP contribution is -2.13. The molecule has 8 heteroatoms. The van der Waals surface area contributed by atoms with Gasteiger partial charge in [0.05, 0.1) is 9.47 Å². The molecular formula is C11H9BrClNO3S2. The van der Waals surface area contributed by atoms with Crippen LogP contribution in [0.5, 0.6) is 5.75 Å². The third-order valence-corrected chi connectivity index (χ3v) is 5.75. The summed E-state index contributed by atoms with van der Waals surface area (Å²) in [6, 6.07) is 5.70. The Balaban J connectivity index is 2.39. The number of aromatic hydroxyl groups is 1. The van der Waals surface area contributed by atoms with Crippen molar-refractivity contribution in [1.29, 1.82) is 0 Å². The molecule has 19 heavy (non-hydrogen) atoms. The van der Waals surface area contributed by atoms with E-state index in [9.17, 15) is 13.5 Å². The van der Waals surface area contributed by atoms with Crippen molar-refractivity contribution in [3.05, 3.63) is 38.0 Å². The SMILES string of the molecule is Cc1sc(Br)cc1S(=O)(=O)Nc1ccc(Cl)cc1O. The van der Waals surface area contributed by atoms with E-state index in [0.717, 1.165) is 3.79 Å². The van der Waals surface area contributed by atoms with Crippen molar-refractivity contribution in [1.82, 2.24) is 0 Å². The van der Waals surface area contributed by atoms with Gasteiger partial charge < -0.3 is 5.11 Å². The summed E-state index contributed by atoms with van der Waals surface area (Å²) < 4.78 is 27.5. The second-order valence-corrected chi connectivity index (χ2v) is 8.46. The van der Waals surface area contributed by atoms with Crippen molar-refractivity contribution in [2.75, 3.05) is 4.72 Å². The van der Waals surface area contributed by atoms with Crippen LogP contribution >= 0.6 is 38.9 Å². The van der Waals surface area contributed by atoms with Gasteiger partial charge in [-0.2, -0.15) is 0 Å². The number of rotatable bonds is 3. The number of aryl methyl sites for hydroxylation is 1. The van der Waals surface area contributed by atoms with Crippen molar-refractivity contribution in [2.24, 2.45) is 0 Å². The van der Waals surface area contributed by atoms with Gasteiger partial charge in [0, 0.05) is 16.0 Å². The van der Waals surface area contributed by atoms with Gasteiger partial charge in [0.1, 0.15) is 10.6 Å². The van der Waals surface area contributed by atoms with E-state index in [-0.39, 0.29) is 16.3 Å². The highest BCUT2D eigenvalue weighted by molar-refractivity contribution is 9.11. The topological polar surface area (TPSA) is 66.4 Å². The average Bonchev–Trinajstić information content (AvgIpc) is 2.63. The fraction of sp³-hybridized carbons (Fsp3) is 0.0909. The maximum Gasteiger partial charge on any atom is 0.263 e. The summed E-state index contributed by atoms with van der Waals surface area (Å²) in [5.74, 6) is -0.219. The molecule has 102 valence electrons. The Kier molecular flexibility index (Phi) is 4.10. The van der Waals surface area contributed by atoms with Gasteiger partial charge in [-0.15, -0.1) is 11.3 Å². The highest BCUT2D eigenvalue weighted by atomic mass is 79.9. The van der Waals surface area contributed by atoms with E-state index < -0.39 is 10.0 Å². The number of hydrogen-bond acceptors (Lipinski definition) is 4. The Morgan fingerprint density at radius 2 is 2.05 bits per heavy atom. The number of phenolic OH excluding ortho intramolecular Hbond substituents is 1. The molecule has 0 spiro atoms. The lowest BCUT2D eigenvalue weighted by atomic mass is 10.3. The van der Waals surface area contributed by atoms with Gasteiger partial charge >= 0.3 is 0 Å². The molecule has 2 rings (SSSR count). The van der Waals surface area contributed by atoms with Crippen LogP contribution in [0.4, 0.5) is 5.69 Å². The zero-order valence-corrected chi connectivity index (χ0v) is 13.6. The van der Waals surface area contributed by atoms with Crippen LogP contribution in [0.25, 0.3) is 0 Å². The highest BCUT2D eigenvalue weighted by Gasteiger charge is 2.20. The van der Waals surface area contributed by atoms with Crippen LogP contribution in [0.15, 0.2) is 32.9 Å². The third kappa shape index (κ3) is 3.22. The van der Waals surface area contributed by atoms with Crippen molar-refractivity contribution >= 4 is 54.6 Å². The van der Waals surface area contributed by atoms with E-state index in [2.05, 4.69) is 20.7 Å². The standard InChI is InChI=1S/C11H9BrClNO3S2/c1-6-10(5-11(12)18-6)19(16,17)14-8-3-2-7(13)4-9(8)15/h2-5,14-15H,1H3. The molecule has 0 atom stereocenters. The van der Waals surface area contributed by atoms with Crippen LogP contribution in [0.2, 0.25) is 5.02 Å². The van der Waals surface area contributed by atoms with E-state index in [1.54, 1.807) is 6.92 Å². The maximum atomic E-state index is 12.2. The molecular weight excluding hydrogens is 374 g/mol. The van der Waals surface area contributed by atoms with Crippen molar-refractivity contribution in [3.63, 3.8) is 0 Å². The van der Waals surface area contributed by atoms with Crippen LogP contribution in [0, 0.1) is 6.92 Å². The summed E-state index contributed by atoms with van der Waals surface area (Å²) in [7, 11) is -3.73. The molecule has 1 aromatic carbocycles. The zero-order chi connectivity index (χ0) is 14.2. The number of benzene rings is 1. The van der Waals surface area contributed by atoms with Crippen LogP contribution in [0.1, 0.15) is 4.88 Å². The second kappa shape index (κ2) is 5.32. The summed E-state index contributed by atoms with van der Waals surface area (Å²) in [6.07, 6.45) is 0. The maximum absolute atomic E-state index is 12.2. The minimum atomic E-state index is -3.73. The molecule has 2 N–H and O–H groups in total. The zero-order valence-electron chi connectivity index (χ0n) is 9.65. The Morgan fingerprint density at radius 3 is 2.58 bits per heavy atom. The largest absolute Gasteiger partial charge is 0.506 e. The summed E-state index contributed by atoms with van der Waals surface area (Å²) in [6.45, 7) is 1.71. The van der Waals surface area contributed by atoms with E-state index >= 15 is 0 Å². The number of sulfonamides is 1. The molecule has 0 unspecified atom stereocenters. The lowest BCUT2D eigenvalue weighted by molar-refractivity contribution is 0.477. The molecule has 1 aromatic heterocycles. The molecule has 0 saturated heterocycles. The summed E-state index contributed by atoms with van der Waals surface area (Å²) in [4.78, 5) is 0.839. The molecule has 0 aliphatic rings. The van der Waals surface area contributed by atoms with Gasteiger partial charge in [0.2, 0.25) is 0 Å². The number of anilines is 1. The van der Waals surface area contributed by atoms with E-state index in [1.165, 1.54) is 35.6 Å². The Morgan fingerprint density at radius 1 is 1.37 bits per heavy atom. The van der Waals surface area contributed by atoms with Crippen molar-refractivity contribution in [2.45, 2.75) is 11.8 Å². The van der Waals surface area contributed by atoms with Gasteiger partial charge in [-0.3, -0.25) is 4.72 Å². The number of nitrogens with one attached hydrogen (secondary N) is 1. The molecule has 4 nitrogen and oxygen atoms in total. The molecule has 0 amide bonds. The minimum absolute atomic E-state index is 0.0890. The molecule has 0 radical (unpaired) electrons. The molecule has 0 fully saturated rings. The highest BCUT2D eigenvalue weighted by Crippen LogP contribution is 2.33. The van der Waals surface area contributed by atoms with Gasteiger partial charge in [-0.05, 0) is 41.1 Å². The minimum Gasteiger partial charge on any atom is -0.506 e. The number of thiophene rings is 1. The smallest absolute Gasteiger partial charge is 0.263 e. The molecule has 1 heterocycles. The summed E-state index contributed by atoms with van der Waals surface area (Å²) >= 11 is 10.3. The molecule has 0 aliphatic carbocycles. The first kappa shape index (κ1) is 14.6. The van der Waals surface area contributed by atoms with Crippen LogP contribution < -0.4 is 4.72 Å². The van der Waals surface area contributed by atoms with Crippen molar-refractivity contribution in [3.8, 4) is 5.75 Å². The van der Waals surface area contributed by atoms with E-state index in [0.29, 0.717) is 9.90 Å². The number of halogens is 2. The first-order valence-corrected chi connectivity index (χ1v) is 8.54. The summed E-state index contributed by atoms with van der Waals surface area (Å²) in [5, 5.41) is 9.99. The normalized spacial score (nSPS) is 11.5. The molecule has 0 aliphatic heterocycles. The average molecular weight is 383 g/mol. The van der Waals surface area contributed by atoms with E-state index in [1.807, 2.05) is 0 Å². The van der Waals surface area contributed by atoms with Gasteiger partial charge in [-0.25, -0.2) is 8.42 Å². The quantitative estimate of drug-likeness (QED) is 0.789. The first-order valence-electron chi connectivity index (χ1n) is 5.07. The molecule has 2 aromatic rings. The second-order valence-electron chi connectivity index (χ2n) is 3.74. The number of hydrogen-bond donors (Lipinski definition) is 2. The third-order valence-electron chi connectivity index (χ3n) is 2.34. The molecule has 0 bridgehead atoms. The molecule has 0 saturated carbocycles. The first-order chi connectivity index (χ1) is 8.79. The Labute approximate surface area is 128 Å². The van der Waals surface area contributed by atoms with Crippen LogP contribution in [-0.4, -0.2) is 13.5 Å². The van der Waals surface area contributed by atoms with Crippen LogP contribution in [0.3, 0.4) is 0 Å². The number of phenols is 1. The monoisotopic (exact) mass is 381 g/mol. The summed E-state index contributed by atoms with van der Waals surface area (Å²) in [5.41, 5.74) is 0.0890. The van der Waals surface area contributed by atoms with Crippen molar-refractivity contribution < 1.29 is 13.5 Å². The lowest BCUT2D eigenvalue weighted by Gasteiger charge is -2.09. The Bertz CT molecular complexity index is 728.